The van der Waals surface area contributed by atoms with E-state index in [9.17, 15) is 68.7 Å². The Balaban J connectivity index is 0.00000972. The van der Waals surface area contributed by atoms with E-state index in [0.29, 0.717) is 24.3 Å². The summed E-state index contributed by atoms with van der Waals surface area (Å²) >= 11 is 0. The molecular formula is C22H20N6NaO18S6-3. The number of rotatable bonds is 16. The Morgan fingerprint density at radius 2 is 0.981 bits per heavy atom. The van der Waals surface area contributed by atoms with Gasteiger partial charge in [-0.25, -0.2) is 50.5 Å². The van der Waals surface area contributed by atoms with E-state index in [-0.39, 0.29) is 40.1 Å². The molecule has 286 valence electrons. The third-order valence-electron chi connectivity index (χ3n) is 6.03. The Bertz CT molecular complexity index is 2620. The van der Waals surface area contributed by atoms with E-state index in [4.69, 9.17) is 11.5 Å². The molecule has 0 saturated carbocycles. The summed E-state index contributed by atoms with van der Waals surface area (Å²) in [5, 5.41) is 14.5. The maximum Gasteiger partial charge on any atom is 1.00 e. The molecule has 3 rings (SSSR count). The molecule has 0 aliphatic rings. The fourth-order valence-electron chi connectivity index (χ4n) is 3.69. The van der Waals surface area contributed by atoms with Gasteiger partial charge in [0.2, 0.25) is 20.8 Å². The van der Waals surface area contributed by atoms with E-state index in [1.165, 1.54) is 0 Å². The van der Waals surface area contributed by atoms with Crippen LogP contribution in [0, 0.1) is 0 Å². The number of hydrogen-bond acceptors (Lipinski definition) is 24. The van der Waals surface area contributed by atoms with E-state index in [0.717, 1.165) is 24.3 Å². The second-order valence-electron chi connectivity index (χ2n) is 9.60. The average molecular weight is 872 g/mol. The standard InChI is InChI=1S/C22H24N6O18S6.Na/c23-20-17(27-26-16-6-5-15(11-18(16)49(33,34)35)48(31,32)10-8-46-52(42,43)44)12-19(50(36,37)38)21(24)22(20)28-25-13-1-3-14(4-2-13)47(29,30)9-7-45-51(39,40)41;/h1-6,11-12H,7-10,23-24H2,(H,33,34,35)(H,36,37,38)(H,39,40,41)(H,42,43,44);/q;+1/p-4. The van der Waals surface area contributed by atoms with Gasteiger partial charge in [-0.1, -0.05) is 0 Å². The Labute approximate surface area is 323 Å². The summed E-state index contributed by atoms with van der Waals surface area (Å²) in [6, 6.07) is 6.32. The molecule has 31 heteroatoms. The summed E-state index contributed by atoms with van der Waals surface area (Å²) in [6.45, 7) is -2.12. The van der Waals surface area contributed by atoms with Crippen LogP contribution in [0.4, 0.5) is 34.1 Å². The minimum Gasteiger partial charge on any atom is -0.744 e. The number of benzene rings is 3. The van der Waals surface area contributed by atoms with Gasteiger partial charge in [0.1, 0.15) is 37.3 Å². The first kappa shape index (κ1) is 46.1. The Kier molecular flexibility index (Phi) is 14.9. The summed E-state index contributed by atoms with van der Waals surface area (Å²) in [4.78, 5) is -3.69. The van der Waals surface area contributed by atoms with Crippen LogP contribution in [0.5, 0.6) is 0 Å². The van der Waals surface area contributed by atoms with Crippen molar-refractivity contribution in [1.82, 2.24) is 0 Å². The molecule has 0 spiro atoms. The molecule has 4 N–H and O–H groups in total. The second kappa shape index (κ2) is 17.2. The van der Waals surface area contributed by atoms with Crippen LogP contribution in [-0.2, 0) is 69.1 Å². The van der Waals surface area contributed by atoms with Gasteiger partial charge in [-0.2, -0.15) is 5.11 Å². The van der Waals surface area contributed by atoms with Crippen LogP contribution in [0.2, 0.25) is 0 Å². The third-order valence-corrected chi connectivity index (χ3v) is 12.1. The molecule has 0 fully saturated rings. The molecule has 24 nitrogen and oxygen atoms in total. The minimum atomic E-state index is -5.54. The zero-order valence-corrected chi connectivity index (χ0v) is 33.1. The predicted octanol–water partition coefficient (Wildman–Crippen LogP) is -3.00. The van der Waals surface area contributed by atoms with Gasteiger partial charge >= 0.3 is 29.6 Å². The van der Waals surface area contributed by atoms with E-state index in [1.54, 1.807) is 0 Å². The zero-order valence-electron chi connectivity index (χ0n) is 26.2. The molecule has 0 aromatic heterocycles. The van der Waals surface area contributed by atoms with Crippen molar-refractivity contribution in [3.05, 3.63) is 48.5 Å². The fraction of sp³-hybridized carbons (Fsp3) is 0.182. The maximum absolute atomic E-state index is 12.5. The number of nitrogen functional groups attached to an aromatic ring is 2. The number of azo groups is 2. The van der Waals surface area contributed by atoms with Gasteiger partial charge < -0.3 is 29.7 Å². The van der Waals surface area contributed by atoms with Crippen LogP contribution in [-0.4, -0.2) is 93.4 Å². The van der Waals surface area contributed by atoms with Gasteiger partial charge in [0, 0.05) is 0 Å². The fourth-order valence-corrected chi connectivity index (χ4v) is 8.01. The van der Waals surface area contributed by atoms with Crippen molar-refractivity contribution in [1.29, 1.82) is 0 Å². The first-order valence-corrected chi connectivity index (χ1v) is 21.8. The summed E-state index contributed by atoms with van der Waals surface area (Å²) in [5.74, 6) is -2.04. The van der Waals surface area contributed by atoms with Crippen molar-refractivity contribution in [3.8, 4) is 0 Å². The van der Waals surface area contributed by atoms with Gasteiger partial charge in [-0.3, -0.25) is 8.37 Å². The van der Waals surface area contributed by atoms with E-state index in [1.807, 2.05) is 0 Å². The van der Waals surface area contributed by atoms with Gasteiger partial charge in [-0.05, 0) is 48.5 Å². The normalized spacial score (nSPS) is 13.4. The maximum atomic E-state index is 12.5. The van der Waals surface area contributed by atoms with Crippen molar-refractivity contribution < 1.29 is 107 Å². The van der Waals surface area contributed by atoms with Crippen LogP contribution in [0.1, 0.15) is 0 Å². The van der Waals surface area contributed by atoms with E-state index >= 15 is 0 Å². The van der Waals surface area contributed by atoms with Crippen molar-refractivity contribution in [2.45, 2.75) is 19.6 Å². The van der Waals surface area contributed by atoms with Crippen LogP contribution < -0.4 is 41.0 Å². The van der Waals surface area contributed by atoms with E-state index < -0.39 is 129 Å². The molecule has 0 heterocycles. The largest absolute Gasteiger partial charge is 1.00 e. The topological polar surface area (TPSA) is 417 Å². The second-order valence-corrected chi connectivity index (χ2v) is 18.6. The number of nitrogens with two attached hydrogens (primary N) is 2. The number of nitrogens with zero attached hydrogens (tertiary/aromatic N) is 4. The molecular weight excluding hydrogens is 852 g/mol. The summed E-state index contributed by atoms with van der Waals surface area (Å²) < 4.78 is 192. The molecule has 0 amide bonds. The molecule has 0 atom stereocenters. The molecule has 3 aromatic carbocycles. The first-order valence-electron chi connectivity index (χ1n) is 13.0. The molecule has 3 aromatic rings. The first-order chi connectivity index (χ1) is 23.6. The van der Waals surface area contributed by atoms with Gasteiger partial charge in [-0.15, -0.1) is 15.3 Å². The Morgan fingerprint density at radius 3 is 1.45 bits per heavy atom. The monoisotopic (exact) mass is 871 g/mol. The predicted molar refractivity (Wildman–Crippen MR) is 168 cm³/mol. The van der Waals surface area contributed by atoms with Crippen molar-refractivity contribution >= 4 is 94.8 Å². The number of sulfone groups is 2. The van der Waals surface area contributed by atoms with E-state index in [2.05, 4.69) is 28.8 Å². The summed E-state index contributed by atoms with van der Waals surface area (Å²) in [6.07, 6.45) is 0. The Hall–Kier alpha value is -3.08. The van der Waals surface area contributed by atoms with Crippen LogP contribution in [0.25, 0.3) is 0 Å². The van der Waals surface area contributed by atoms with Gasteiger partial charge in [0.05, 0.1) is 61.4 Å². The molecule has 53 heavy (non-hydrogen) atoms. The van der Waals surface area contributed by atoms with Crippen molar-refractivity contribution in [2.24, 2.45) is 20.5 Å². The van der Waals surface area contributed by atoms with Crippen molar-refractivity contribution in [2.75, 3.05) is 36.2 Å². The smallest absolute Gasteiger partial charge is 0.744 e. The molecule has 0 saturated heterocycles. The summed E-state index contributed by atoms with van der Waals surface area (Å²) in [5.41, 5.74) is 7.89. The molecule has 0 aliphatic carbocycles. The van der Waals surface area contributed by atoms with Crippen molar-refractivity contribution in [3.63, 3.8) is 0 Å². The molecule has 0 aliphatic heterocycles. The van der Waals surface area contributed by atoms with Crippen LogP contribution >= 0.6 is 0 Å². The quantitative estimate of drug-likeness (QED) is 0.0476. The minimum absolute atomic E-state index is 0. The zero-order chi connectivity index (χ0) is 39.5. The average Bonchev–Trinajstić information content (AvgIpc) is 2.98. The SMILES string of the molecule is Nc1c(N=Nc2ccc(S(=O)(=O)CCOS(=O)(=O)[O-])cc2S(=O)(=O)[O-])cc(S(=O)(=O)[O-])c(N)c1N=Nc1ccc(S(=O)(=O)CCOS(=O)(=O)[O-])cc1.[Na+]. The molecule has 0 radical (unpaired) electrons. The summed E-state index contributed by atoms with van der Waals surface area (Å²) in [7, 11) is -30.1. The van der Waals surface area contributed by atoms with Gasteiger partial charge in [0.15, 0.2) is 19.7 Å². The molecule has 0 bridgehead atoms. The number of anilines is 2. The molecule has 0 unspecified atom stereocenters. The van der Waals surface area contributed by atoms with Crippen LogP contribution in [0.15, 0.2) is 88.6 Å². The van der Waals surface area contributed by atoms with Gasteiger partial charge in [0.25, 0.3) is 0 Å². The number of hydrogen-bond donors (Lipinski definition) is 2. The third kappa shape index (κ3) is 13.3. The van der Waals surface area contributed by atoms with Crippen LogP contribution in [0.3, 0.4) is 0 Å². The Morgan fingerprint density at radius 1 is 0.528 bits per heavy atom.